The second-order valence-electron chi connectivity index (χ2n) is 5.99. The second kappa shape index (κ2) is 6.55. The molecule has 0 N–H and O–H groups in total. The molecule has 0 unspecified atom stereocenters. The maximum Gasteiger partial charge on any atom is 0.321 e. The maximum atomic E-state index is 12.6. The van der Waals surface area contributed by atoms with Gasteiger partial charge in [-0.05, 0) is 36.8 Å². The van der Waals surface area contributed by atoms with Crippen LogP contribution >= 0.6 is 0 Å². The number of amides is 1. The Hall–Kier alpha value is -3.29. The molecule has 8 heteroatoms. The van der Waals surface area contributed by atoms with Gasteiger partial charge in [0.25, 0.3) is 5.69 Å². The zero-order valence-corrected chi connectivity index (χ0v) is 14.0. The minimum Gasteiger partial charge on any atom is -0.465 e. The van der Waals surface area contributed by atoms with Crippen molar-refractivity contribution in [2.45, 2.75) is 19.0 Å². The van der Waals surface area contributed by atoms with Crippen LogP contribution in [-0.4, -0.2) is 39.6 Å². The molecule has 1 saturated heterocycles. The van der Waals surface area contributed by atoms with Gasteiger partial charge in [-0.15, -0.1) is 0 Å². The monoisotopic (exact) mass is 356 g/mol. The molecule has 1 spiro atoms. The normalized spacial score (nSPS) is 20.2. The molecule has 0 saturated carbocycles. The van der Waals surface area contributed by atoms with Crippen molar-refractivity contribution in [2.24, 2.45) is 5.92 Å². The fraction of sp³-hybridized carbons (Fsp3) is 0.278. The predicted octanol–water partition coefficient (Wildman–Crippen LogP) is 1.55. The third-order valence-electron chi connectivity index (χ3n) is 4.46. The number of nitro benzene ring substituents is 1. The van der Waals surface area contributed by atoms with Gasteiger partial charge in [0.05, 0.1) is 11.5 Å². The number of hydrogen-bond acceptors (Lipinski definition) is 6. The first-order valence-corrected chi connectivity index (χ1v) is 8.03. The maximum absolute atomic E-state index is 12.6. The van der Waals surface area contributed by atoms with Gasteiger partial charge in [0.2, 0.25) is 5.91 Å². The fourth-order valence-corrected chi connectivity index (χ4v) is 3.23. The molecular weight excluding hydrogens is 340 g/mol. The van der Waals surface area contributed by atoms with Crippen LogP contribution in [0, 0.1) is 16.0 Å². The van der Waals surface area contributed by atoms with Gasteiger partial charge in [0, 0.05) is 18.7 Å². The van der Waals surface area contributed by atoms with Crippen molar-refractivity contribution in [3.8, 4) is 0 Å². The highest BCUT2D eigenvalue weighted by molar-refractivity contribution is 6.09. The lowest BCUT2D eigenvalue weighted by atomic mass is 9.70. The lowest BCUT2D eigenvalue weighted by Gasteiger charge is -2.54. The molecule has 1 aromatic carbocycles. The van der Waals surface area contributed by atoms with E-state index in [2.05, 4.69) is 0 Å². The molecule has 0 radical (unpaired) electrons. The van der Waals surface area contributed by atoms with E-state index >= 15 is 0 Å². The number of β-lactam (4-membered cyclic amide) rings is 1. The van der Waals surface area contributed by atoms with E-state index in [9.17, 15) is 24.5 Å². The van der Waals surface area contributed by atoms with Crippen molar-refractivity contribution in [1.29, 1.82) is 0 Å². The van der Waals surface area contributed by atoms with Crippen LogP contribution in [0.15, 0.2) is 48.6 Å². The summed E-state index contributed by atoms with van der Waals surface area (Å²) < 4.78 is 4.99. The topological polar surface area (TPSA) is 107 Å². The Bertz CT molecular complexity index is 841. The van der Waals surface area contributed by atoms with Gasteiger partial charge in [-0.2, -0.15) is 0 Å². The zero-order chi connectivity index (χ0) is 18.9. The second-order valence-corrected chi connectivity index (χ2v) is 5.99. The number of ether oxygens (including phenoxy) is 1. The van der Waals surface area contributed by atoms with Crippen molar-refractivity contribution >= 4 is 23.3 Å². The number of likely N-dealkylation sites (tertiary alicyclic amines) is 1. The zero-order valence-electron chi connectivity index (χ0n) is 14.0. The van der Waals surface area contributed by atoms with Gasteiger partial charge in [0.15, 0.2) is 11.7 Å². The first-order chi connectivity index (χ1) is 12.4. The Morgan fingerprint density at radius 3 is 2.62 bits per heavy atom. The number of benzene rings is 1. The summed E-state index contributed by atoms with van der Waals surface area (Å²) in [6.07, 6.45) is 5.63. The minimum atomic E-state index is -1.10. The van der Waals surface area contributed by atoms with E-state index in [4.69, 9.17) is 4.74 Å². The first kappa shape index (κ1) is 17.5. The van der Waals surface area contributed by atoms with Gasteiger partial charge in [0.1, 0.15) is 5.54 Å². The van der Waals surface area contributed by atoms with Crippen LogP contribution in [0.5, 0.6) is 0 Å². The molecule has 134 valence electrons. The summed E-state index contributed by atoms with van der Waals surface area (Å²) >= 11 is 0. The molecule has 0 bridgehead atoms. The largest absolute Gasteiger partial charge is 0.465 e. The van der Waals surface area contributed by atoms with Crippen LogP contribution < -0.4 is 0 Å². The van der Waals surface area contributed by atoms with Crippen molar-refractivity contribution in [3.63, 3.8) is 0 Å². The summed E-state index contributed by atoms with van der Waals surface area (Å²) in [5.74, 6) is -2.41. The van der Waals surface area contributed by atoms with Gasteiger partial charge >= 0.3 is 5.97 Å². The molecule has 26 heavy (non-hydrogen) atoms. The van der Waals surface area contributed by atoms with Crippen molar-refractivity contribution in [2.75, 3.05) is 6.61 Å². The number of nitrogens with zero attached hydrogens (tertiary/aromatic N) is 2. The molecule has 1 amide bonds. The molecular formula is C18H16N2O6. The summed E-state index contributed by atoms with van der Waals surface area (Å²) in [7, 11) is 0. The summed E-state index contributed by atoms with van der Waals surface area (Å²) in [5.41, 5.74) is -0.633. The van der Waals surface area contributed by atoms with E-state index < -0.39 is 28.3 Å². The van der Waals surface area contributed by atoms with Crippen LogP contribution in [0.4, 0.5) is 5.69 Å². The molecule has 1 atom stereocenters. The van der Waals surface area contributed by atoms with Crippen molar-refractivity contribution < 1.29 is 24.0 Å². The highest BCUT2D eigenvalue weighted by Crippen LogP contribution is 2.43. The molecule has 2 aliphatic rings. The van der Waals surface area contributed by atoms with Gasteiger partial charge in [-0.1, -0.05) is 12.1 Å². The Morgan fingerprint density at radius 2 is 2.00 bits per heavy atom. The number of esters is 1. The summed E-state index contributed by atoms with van der Waals surface area (Å²) in [4.78, 5) is 48.1. The number of carbonyl (C=O) groups excluding carboxylic acids is 3. The highest BCUT2D eigenvalue weighted by Gasteiger charge is 2.62. The minimum absolute atomic E-state index is 0.0687. The number of ketones is 1. The number of carbonyl (C=O) groups is 3. The number of allylic oxidation sites excluding steroid dienone is 2. The van der Waals surface area contributed by atoms with Crippen LogP contribution in [0.1, 0.15) is 12.5 Å². The molecule has 0 aromatic heterocycles. The molecule has 1 aliphatic carbocycles. The SMILES string of the molecule is CCOC(=O)[C@H]1C(=O)N(Cc2cccc([N+](=O)[O-])c2)C12C=CC(=O)C=C2. The predicted molar refractivity (Wildman–Crippen MR) is 89.8 cm³/mol. The standard InChI is InChI=1S/C18H16N2O6/c1-2-26-17(23)15-16(22)19(18(15)8-6-14(21)7-9-18)11-12-4-3-5-13(10-12)20(24)25/h3-10,15H,2,11H2,1H3/t15-/m1/s1. The van der Waals surface area contributed by atoms with Gasteiger partial charge in [-0.3, -0.25) is 24.5 Å². The van der Waals surface area contributed by atoms with Crippen LogP contribution in [-0.2, 0) is 25.7 Å². The van der Waals surface area contributed by atoms with Crippen LogP contribution in [0.25, 0.3) is 0 Å². The van der Waals surface area contributed by atoms with Crippen molar-refractivity contribution in [3.05, 3.63) is 64.2 Å². The van der Waals surface area contributed by atoms with E-state index in [0.717, 1.165) is 0 Å². The molecule has 1 aromatic rings. The third-order valence-corrected chi connectivity index (χ3v) is 4.46. The molecule has 1 aliphatic heterocycles. The molecule has 3 rings (SSSR count). The molecule has 1 fully saturated rings. The number of rotatable bonds is 5. The summed E-state index contributed by atoms with van der Waals surface area (Å²) in [6, 6.07) is 5.92. The van der Waals surface area contributed by atoms with E-state index in [-0.39, 0.29) is 24.6 Å². The summed E-state index contributed by atoms with van der Waals surface area (Å²) in [6.45, 7) is 1.85. The smallest absolute Gasteiger partial charge is 0.321 e. The summed E-state index contributed by atoms with van der Waals surface area (Å²) in [5, 5.41) is 10.9. The van der Waals surface area contributed by atoms with E-state index in [1.165, 1.54) is 47.4 Å². The van der Waals surface area contributed by atoms with Gasteiger partial charge in [-0.25, -0.2) is 0 Å². The number of hydrogen-bond donors (Lipinski definition) is 0. The Morgan fingerprint density at radius 1 is 1.31 bits per heavy atom. The lowest BCUT2D eigenvalue weighted by Crippen LogP contribution is -2.71. The highest BCUT2D eigenvalue weighted by atomic mass is 16.6. The Labute approximate surface area is 148 Å². The first-order valence-electron chi connectivity index (χ1n) is 8.03. The fourth-order valence-electron chi connectivity index (χ4n) is 3.23. The van der Waals surface area contributed by atoms with Crippen molar-refractivity contribution in [1.82, 2.24) is 4.90 Å². The molecule has 1 heterocycles. The Balaban J connectivity index is 1.92. The number of non-ortho nitro benzene ring substituents is 1. The number of nitro groups is 1. The van der Waals surface area contributed by atoms with E-state index in [0.29, 0.717) is 5.56 Å². The molecule has 8 nitrogen and oxygen atoms in total. The average Bonchev–Trinajstić information content (AvgIpc) is 2.62. The average molecular weight is 356 g/mol. The lowest BCUT2D eigenvalue weighted by molar-refractivity contribution is -0.384. The van der Waals surface area contributed by atoms with E-state index in [1.54, 1.807) is 13.0 Å². The Kier molecular flexibility index (Phi) is 4.41. The van der Waals surface area contributed by atoms with Crippen LogP contribution in [0.3, 0.4) is 0 Å². The van der Waals surface area contributed by atoms with Crippen LogP contribution in [0.2, 0.25) is 0 Å². The van der Waals surface area contributed by atoms with Gasteiger partial charge < -0.3 is 9.64 Å². The third kappa shape index (κ3) is 2.79. The van der Waals surface area contributed by atoms with E-state index in [1.807, 2.05) is 0 Å². The quantitative estimate of drug-likeness (QED) is 0.260.